The highest BCUT2D eigenvalue weighted by Crippen LogP contribution is 2.25. The zero-order valence-corrected chi connectivity index (χ0v) is 22.4. The van der Waals surface area contributed by atoms with Crippen molar-refractivity contribution in [1.29, 1.82) is 0 Å². The van der Waals surface area contributed by atoms with Crippen LogP contribution in [0.4, 0.5) is 5.69 Å². The largest absolute Gasteiger partial charge is 0.497 e. The van der Waals surface area contributed by atoms with Crippen LogP contribution in [-0.4, -0.2) is 51.4 Å². The molecule has 2 amide bonds. The minimum absolute atomic E-state index is 0.0749. The molecule has 0 spiro atoms. The molecule has 1 atom stereocenters. The van der Waals surface area contributed by atoms with E-state index in [0.717, 1.165) is 15.4 Å². The second kappa shape index (κ2) is 12.4. The number of hydrogen-bond donors (Lipinski definition) is 1. The Hall–Kier alpha value is -3.85. The summed E-state index contributed by atoms with van der Waals surface area (Å²) in [5.74, 6) is -0.226. The number of anilines is 1. The smallest absolute Gasteiger partial charge is 0.264 e. The Morgan fingerprint density at radius 3 is 2.27 bits per heavy atom. The standard InChI is InChI=1S/C28H33N3O5S/c1-5-29-28(33)22(3)30(19-23-10-9-13-25(18-23)36-4)27(32)20-31(24-11-7-6-8-12-24)37(34,35)26-16-14-21(2)15-17-26/h6-18,22H,5,19-20H2,1-4H3,(H,29,33). The molecule has 1 unspecified atom stereocenters. The third kappa shape index (κ3) is 6.89. The fourth-order valence-electron chi connectivity index (χ4n) is 3.83. The molecule has 0 aromatic heterocycles. The van der Waals surface area contributed by atoms with Gasteiger partial charge < -0.3 is 15.0 Å². The topological polar surface area (TPSA) is 96.0 Å². The van der Waals surface area contributed by atoms with Crippen molar-refractivity contribution in [2.75, 3.05) is 24.5 Å². The number of carbonyl (C=O) groups is 2. The van der Waals surface area contributed by atoms with Gasteiger partial charge in [-0.05, 0) is 62.7 Å². The maximum atomic E-state index is 13.8. The normalized spacial score (nSPS) is 11.9. The van der Waals surface area contributed by atoms with E-state index in [2.05, 4.69) is 5.32 Å². The van der Waals surface area contributed by atoms with E-state index in [-0.39, 0.29) is 17.3 Å². The molecule has 3 aromatic rings. The van der Waals surface area contributed by atoms with Crippen molar-refractivity contribution < 1.29 is 22.7 Å². The average Bonchev–Trinajstić information content (AvgIpc) is 2.90. The van der Waals surface area contributed by atoms with E-state index in [0.29, 0.717) is 18.0 Å². The van der Waals surface area contributed by atoms with Crippen molar-refractivity contribution >= 4 is 27.5 Å². The van der Waals surface area contributed by atoms with Crippen molar-refractivity contribution in [3.05, 3.63) is 90.0 Å². The minimum atomic E-state index is -4.07. The van der Waals surface area contributed by atoms with Gasteiger partial charge >= 0.3 is 0 Å². The quantitative estimate of drug-likeness (QED) is 0.413. The Bertz CT molecular complexity index is 1310. The van der Waals surface area contributed by atoms with Gasteiger partial charge in [0.1, 0.15) is 18.3 Å². The third-order valence-electron chi connectivity index (χ3n) is 5.94. The van der Waals surface area contributed by atoms with Crippen LogP contribution in [0.5, 0.6) is 5.75 Å². The van der Waals surface area contributed by atoms with Crippen LogP contribution in [0, 0.1) is 6.92 Å². The van der Waals surface area contributed by atoms with Crippen LogP contribution in [0.1, 0.15) is 25.0 Å². The third-order valence-corrected chi connectivity index (χ3v) is 7.73. The second-order valence-electron chi connectivity index (χ2n) is 8.60. The predicted molar refractivity (Wildman–Crippen MR) is 144 cm³/mol. The molecule has 0 radical (unpaired) electrons. The van der Waals surface area contributed by atoms with Crippen molar-refractivity contribution in [2.24, 2.45) is 0 Å². The molecule has 3 aromatic carbocycles. The Balaban J connectivity index is 2.00. The maximum absolute atomic E-state index is 13.8. The lowest BCUT2D eigenvalue weighted by molar-refractivity contribution is -0.139. The molecule has 0 aliphatic heterocycles. The van der Waals surface area contributed by atoms with Gasteiger partial charge in [0.25, 0.3) is 10.0 Å². The summed E-state index contributed by atoms with van der Waals surface area (Å²) >= 11 is 0. The summed E-state index contributed by atoms with van der Waals surface area (Å²) in [6.07, 6.45) is 0. The van der Waals surface area contributed by atoms with Gasteiger partial charge in [0.15, 0.2) is 0 Å². The number of carbonyl (C=O) groups excluding carboxylic acids is 2. The number of likely N-dealkylation sites (N-methyl/N-ethyl adjacent to an activating group) is 1. The van der Waals surface area contributed by atoms with E-state index in [9.17, 15) is 18.0 Å². The molecule has 8 nitrogen and oxygen atoms in total. The molecule has 1 N–H and O–H groups in total. The number of nitrogens with one attached hydrogen (secondary N) is 1. The zero-order chi connectivity index (χ0) is 27.0. The molecule has 0 heterocycles. The fraction of sp³-hybridized carbons (Fsp3) is 0.286. The molecule has 0 saturated heterocycles. The number of nitrogens with zero attached hydrogens (tertiary/aromatic N) is 2. The highest BCUT2D eigenvalue weighted by atomic mass is 32.2. The number of amides is 2. The van der Waals surface area contributed by atoms with Gasteiger partial charge in [-0.25, -0.2) is 8.42 Å². The Kier molecular flexibility index (Phi) is 9.30. The van der Waals surface area contributed by atoms with Gasteiger partial charge in [0.2, 0.25) is 11.8 Å². The number of hydrogen-bond acceptors (Lipinski definition) is 5. The lowest BCUT2D eigenvalue weighted by Gasteiger charge is -2.32. The minimum Gasteiger partial charge on any atom is -0.497 e. The molecule has 196 valence electrons. The summed E-state index contributed by atoms with van der Waals surface area (Å²) < 4.78 is 33.8. The van der Waals surface area contributed by atoms with Crippen LogP contribution in [0.15, 0.2) is 83.8 Å². The first-order valence-corrected chi connectivity index (χ1v) is 13.5. The predicted octanol–water partition coefficient (Wildman–Crippen LogP) is 3.75. The molecular formula is C28H33N3O5S. The van der Waals surface area contributed by atoms with Crippen LogP contribution in [-0.2, 0) is 26.2 Å². The zero-order valence-electron chi connectivity index (χ0n) is 21.5. The van der Waals surface area contributed by atoms with E-state index < -0.39 is 28.5 Å². The molecule has 0 aliphatic carbocycles. The molecule has 0 aliphatic rings. The van der Waals surface area contributed by atoms with Crippen LogP contribution >= 0.6 is 0 Å². The van der Waals surface area contributed by atoms with E-state index in [4.69, 9.17) is 4.74 Å². The molecular weight excluding hydrogens is 490 g/mol. The van der Waals surface area contributed by atoms with Crippen LogP contribution in [0.2, 0.25) is 0 Å². The monoisotopic (exact) mass is 523 g/mol. The summed E-state index contributed by atoms with van der Waals surface area (Å²) in [6.45, 7) is 5.32. The first-order valence-electron chi connectivity index (χ1n) is 12.0. The van der Waals surface area contributed by atoms with Gasteiger partial charge in [-0.15, -0.1) is 0 Å². The summed E-state index contributed by atoms with van der Waals surface area (Å²) in [4.78, 5) is 28.0. The summed E-state index contributed by atoms with van der Waals surface area (Å²) in [5, 5.41) is 2.75. The number of benzene rings is 3. The number of rotatable bonds is 11. The number of sulfonamides is 1. The molecule has 0 fully saturated rings. The van der Waals surface area contributed by atoms with Gasteiger partial charge in [0, 0.05) is 13.1 Å². The van der Waals surface area contributed by atoms with Crippen LogP contribution < -0.4 is 14.4 Å². The number of ether oxygens (including phenoxy) is 1. The Labute approximate surface area is 218 Å². The summed E-state index contributed by atoms with van der Waals surface area (Å²) in [6, 6.07) is 21.3. The Morgan fingerprint density at radius 2 is 1.65 bits per heavy atom. The van der Waals surface area contributed by atoms with E-state index in [1.807, 2.05) is 13.0 Å². The highest BCUT2D eigenvalue weighted by Gasteiger charge is 2.32. The van der Waals surface area contributed by atoms with Crippen molar-refractivity contribution in [1.82, 2.24) is 10.2 Å². The molecule has 3 rings (SSSR count). The average molecular weight is 524 g/mol. The van der Waals surface area contributed by atoms with Crippen LogP contribution in [0.25, 0.3) is 0 Å². The number of para-hydroxylation sites is 1. The lowest BCUT2D eigenvalue weighted by atomic mass is 10.1. The van der Waals surface area contributed by atoms with Gasteiger partial charge in [-0.2, -0.15) is 0 Å². The maximum Gasteiger partial charge on any atom is 0.264 e. The summed E-state index contributed by atoms with van der Waals surface area (Å²) in [5.41, 5.74) is 2.02. The van der Waals surface area contributed by atoms with Gasteiger partial charge in [0.05, 0.1) is 17.7 Å². The summed E-state index contributed by atoms with van der Waals surface area (Å²) in [7, 11) is -2.53. The molecule has 9 heteroatoms. The SMILES string of the molecule is CCNC(=O)C(C)N(Cc1cccc(OC)c1)C(=O)CN(c1ccccc1)S(=O)(=O)c1ccc(C)cc1. The Morgan fingerprint density at radius 1 is 0.973 bits per heavy atom. The van der Waals surface area contributed by atoms with Crippen LogP contribution in [0.3, 0.4) is 0 Å². The number of aryl methyl sites for hydroxylation is 1. The first-order chi connectivity index (χ1) is 17.7. The van der Waals surface area contributed by atoms with Crippen molar-refractivity contribution in [3.63, 3.8) is 0 Å². The van der Waals surface area contributed by atoms with E-state index in [1.54, 1.807) is 81.6 Å². The van der Waals surface area contributed by atoms with E-state index in [1.165, 1.54) is 17.0 Å². The first kappa shape index (κ1) is 27.7. The fourth-order valence-corrected chi connectivity index (χ4v) is 5.25. The highest BCUT2D eigenvalue weighted by molar-refractivity contribution is 7.92. The van der Waals surface area contributed by atoms with Gasteiger partial charge in [-0.1, -0.05) is 48.0 Å². The second-order valence-corrected chi connectivity index (χ2v) is 10.5. The number of methoxy groups -OCH3 is 1. The molecule has 0 bridgehead atoms. The van der Waals surface area contributed by atoms with Crippen molar-refractivity contribution in [2.45, 2.75) is 38.3 Å². The van der Waals surface area contributed by atoms with Gasteiger partial charge in [-0.3, -0.25) is 13.9 Å². The lowest BCUT2D eigenvalue weighted by Crippen LogP contribution is -2.51. The molecule has 37 heavy (non-hydrogen) atoms. The van der Waals surface area contributed by atoms with Crippen molar-refractivity contribution in [3.8, 4) is 5.75 Å². The molecule has 0 saturated carbocycles. The van der Waals surface area contributed by atoms with E-state index >= 15 is 0 Å².